The molecule has 0 fully saturated rings. The van der Waals surface area contributed by atoms with Crippen LogP contribution < -0.4 is 5.59 Å². The van der Waals surface area contributed by atoms with Crippen LogP contribution in [0.15, 0.2) is 12.5 Å². The van der Waals surface area contributed by atoms with Gasteiger partial charge in [-0.25, -0.2) is 4.98 Å². The summed E-state index contributed by atoms with van der Waals surface area (Å²) in [6.07, 6.45) is 1.95. The number of aryl methyl sites for hydroxylation is 1. The number of hydrogen-bond donors (Lipinski definition) is 0. The van der Waals surface area contributed by atoms with E-state index in [9.17, 15) is 12.9 Å². The maximum absolute atomic E-state index is 11.9. The summed E-state index contributed by atoms with van der Waals surface area (Å²) in [4.78, 5) is 3.35. The standard InChI is InChI=1S/C4H5BF3N2/c1-10-3-9-2-4(10)5(6,7)8/h2-3H,1H3/q-1. The summed E-state index contributed by atoms with van der Waals surface area (Å²) in [5.74, 6) is 0. The Bertz CT molecular complexity index is 229. The van der Waals surface area contributed by atoms with E-state index >= 15 is 0 Å². The molecule has 0 aliphatic heterocycles. The zero-order chi connectivity index (χ0) is 7.78. The Kier molecular flexibility index (Phi) is 1.46. The summed E-state index contributed by atoms with van der Waals surface area (Å²) in [7, 11) is 1.32. The van der Waals surface area contributed by atoms with Crippen LogP contribution in [0.2, 0.25) is 0 Å². The van der Waals surface area contributed by atoms with Gasteiger partial charge in [0.15, 0.2) is 0 Å². The van der Waals surface area contributed by atoms with Crippen molar-refractivity contribution in [3.05, 3.63) is 12.5 Å². The minimum atomic E-state index is -4.89. The first kappa shape index (κ1) is 7.18. The van der Waals surface area contributed by atoms with E-state index in [1.165, 1.54) is 7.05 Å². The molecule has 0 radical (unpaired) electrons. The number of imidazole rings is 1. The zero-order valence-corrected chi connectivity index (χ0v) is 5.26. The van der Waals surface area contributed by atoms with Gasteiger partial charge < -0.3 is 17.5 Å². The second-order valence-electron chi connectivity index (χ2n) is 2.00. The van der Waals surface area contributed by atoms with E-state index in [1.807, 2.05) is 0 Å². The first-order valence-corrected chi connectivity index (χ1v) is 2.68. The van der Waals surface area contributed by atoms with Crippen LogP contribution in [-0.2, 0) is 7.05 Å². The van der Waals surface area contributed by atoms with Gasteiger partial charge in [0.25, 0.3) is 0 Å². The summed E-state index contributed by atoms with van der Waals surface area (Å²) >= 11 is 0. The molecule has 1 aromatic rings. The van der Waals surface area contributed by atoms with Crippen molar-refractivity contribution in [2.45, 2.75) is 0 Å². The second kappa shape index (κ2) is 2.03. The van der Waals surface area contributed by atoms with Gasteiger partial charge in [0.05, 0.1) is 6.33 Å². The molecule has 1 heterocycles. The third kappa shape index (κ3) is 1.15. The van der Waals surface area contributed by atoms with Gasteiger partial charge in [-0.05, 0) is 5.59 Å². The summed E-state index contributed by atoms with van der Waals surface area (Å²) in [5.41, 5.74) is -0.667. The number of hydrogen-bond acceptors (Lipinski definition) is 1. The molecule has 56 valence electrons. The van der Waals surface area contributed by atoms with Gasteiger partial charge in [-0.2, -0.15) is 0 Å². The largest absolute Gasteiger partial charge is 0.527 e. The smallest absolute Gasteiger partial charge is 0.444 e. The summed E-state index contributed by atoms with van der Waals surface area (Å²) in [5, 5.41) is 0. The van der Waals surface area contributed by atoms with Crippen LogP contribution >= 0.6 is 0 Å². The molecule has 0 bridgehead atoms. The van der Waals surface area contributed by atoms with E-state index in [1.54, 1.807) is 0 Å². The van der Waals surface area contributed by atoms with Gasteiger partial charge in [-0.3, -0.25) is 0 Å². The molecule has 0 unspecified atom stereocenters. The van der Waals surface area contributed by atoms with E-state index in [4.69, 9.17) is 0 Å². The number of nitrogens with zero attached hydrogens (tertiary/aromatic N) is 2. The SMILES string of the molecule is Cn1cncc1[B-](F)(F)F. The third-order valence-corrected chi connectivity index (χ3v) is 1.19. The van der Waals surface area contributed by atoms with Crippen molar-refractivity contribution in [1.29, 1.82) is 0 Å². The van der Waals surface area contributed by atoms with Crippen LogP contribution in [0, 0.1) is 0 Å². The molecule has 0 spiro atoms. The van der Waals surface area contributed by atoms with Crippen molar-refractivity contribution in [1.82, 2.24) is 9.55 Å². The van der Waals surface area contributed by atoms with Gasteiger partial charge in [0, 0.05) is 13.2 Å². The predicted octanol–water partition coefficient (Wildman–Crippen LogP) is 0.474. The normalized spacial score (nSPS) is 12.0. The third-order valence-electron chi connectivity index (χ3n) is 1.19. The molecule has 0 amide bonds. The first-order valence-electron chi connectivity index (χ1n) is 2.68. The first-order chi connectivity index (χ1) is 4.52. The average molecular weight is 149 g/mol. The highest BCUT2D eigenvalue weighted by Gasteiger charge is 2.28. The minimum absolute atomic E-state index is 0.667. The Morgan fingerprint density at radius 1 is 1.50 bits per heavy atom. The lowest BCUT2D eigenvalue weighted by molar-refractivity contribution is 0.495. The fraction of sp³-hybridized carbons (Fsp3) is 0.250. The molecular formula is C4H5BF3N2-. The molecule has 0 aliphatic rings. The van der Waals surface area contributed by atoms with Gasteiger partial charge in [0.2, 0.25) is 0 Å². The molecular weight excluding hydrogens is 144 g/mol. The number of aromatic nitrogens is 2. The van der Waals surface area contributed by atoms with Crippen molar-refractivity contribution in [2.75, 3.05) is 0 Å². The highest BCUT2D eigenvalue weighted by molar-refractivity contribution is 6.72. The lowest BCUT2D eigenvalue weighted by Gasteiger charge is -2.13. The van der Waals surface area contributed by atoms with E-state index in [-0.39, 0.29) is 0 Å². The van der Waals surface area contributed by atoms with Crippen LogP contribution in [0.3, 0.4) is 0 Å². The minimum Gasteiger partial charge on any atom is -0.444 e. The Balaban J connectivity index is 3.05. The lowest BCUT2D eigenvalue weighted by Crippen LogP contribution is -2.38. The van der Waals surface area contributed by atoms with Crippen molar-refractivity contribution < 1.29 is 12.9 Å². The topological polar surface area (TPSA) is 17.8 Å². The zero-order valence-electron chi connectivity index (χ0n) is 5.26. The summed E-state index contributed by atoms with van der Waals surface area (Å²) < 4.78 is 36.6. The van der Waals surface area contributed by atoms with Crippen molar-refractivity contribution in [3.63, 3.8) is 0 Å². The average Bonchev–Trinajstić information content (AvgIpc) is 2.11. The van der Waals surface area contributed by atoms with Gasteiger partial charge >= 0.3 is 6.98 Å². The molecule has 0 aromatic carbocycles. The highest BCUT2D eigenvalue weighted by Crippen LogP contribution is 2.06. The Morgan fingerprint density at radius 3 is 2.30 bits per heavy atom. The molecule has 1 aromatic heterocycles. The molecule has 0 atom stereocenters. The molecule has 0 saturated carbocycles. The van der Waals surface area contributed by atoms with Crippen molar-refractivity contribution in [3.8, 4) is 0 Å². The molecule has 2 nitrogen and oxygen atoms in total. The fourth-order valence-corrected chi connectivity index (χ4v) is 0.683. The Morgan fingerprint density at radius 2 is 2.10 bits per heavy atom. The predicted molar refractivity (Wildman–Crippen MR) is 31.9 cm³/mol. The highest BCUT2D eigenvalue weighted by atomic mass is 19.4. The van der Waals surface area contributed by atoms with Crippen molar-refractivity contribution in [2.24, 2.45) is 7.05 Å². The number of rotatable bonds is 1. The fourth-order valence-electron chi connectivity index (χ4n) is 0.683. The van der Waals surface area contributed by atoms with Crippen LogP contribution in [0.1, 0.15) is 0 Å². The van der Waals surface area contributed by atoms with Gasteiger partial charge in [0.1, 0.15) is 0 Å². The Hall–Kier alpha value is -0.935. The molecule has 1 rings (SSSR count). The molecule has 0 saturated heterocycles. The Labute approximate surface area is 55.7 Å². The van der Waals surface area contributed by atoms with E-state index in [2.05, 4.69) is 4.98 Å². The summed E-state index contributed by atoms with van der Waals surface area (Å²) in [6.45, 7) is -4.89. The van der Waals surface area contributed by atoms with E-state index in [0.29, 0.717) is 0 Å². The monoisotopic (exact) mass is 149 g/mol. The lowest BCUT2D eigenvalue weighted by atomic mass is 9.87. The molecule has 10 heavy (non-hydrogen) atoms. The maximum Gasteiger partial charge on any atom is 0.527 e. The van der Waals surface area contributed by atoms with Crippen LogP contribution in [0.5, 0.6) is 0 Å². The maximum atomic E-state index is 11.9. The van der Waals surface area contributed by atoms with E-state index in [0.717, 1.165) is 17.1 Å². The van der Waals surface area contributed by atoms with E-state index < -0.39 is 12.6 Å². The van der Waals surface area contributed by atoms with Crippen LogP contribution in [-0.4, -0.2) is 16.5 Å². The molecule has 0 N–H and O–H groups in total. The van der Waals surface area contributed by atoms with Crippen molar-refractivity contribution >= 4 is 12.6 Å². The van der Waals surface area contributed by atoms with Crippen LogP contribution in [0.4, 0.5) is 12.9 Å². The number of halogens is 3. The van der Waals surface area contributed by atoms with Gasteiger partial charge in [-0.1, -0.05) is 0 Å². The molecule has 0 aliphatic carbocycles. The second-order valence-corrected chi connectivity index (χ2v) is 2.00. The quantitative estimate of drug-likeness (QED) is 0.530. The van der Waals surface area contributed by atoms with Gasteiger partial charge in [-0.15, -0.1) is 0 Å². The van der Waals surface area contributed by atoms with Crippen LogP contribution in [0.25, 0.3) is 0 Å². The summed E-state index contributed by atoms with van der Waals surface area (Å²) in [6, 6.07) is 0. The molecule has 6 heteroatoms.